The Labute approximate surface area is 146 Å². The van der Waals surface area contributed by atoms with Gasteiger partial charge in [-0.2, -0.15) is 5.10 Å². The van der Waals surface area contributed by atoms with E-state index in [1.54, 1.807) is 25.3 Å². The fourth-order valence-electron chi connectivity index (χ4n) is 1.95. The zero-order valence-electron chi connectivity index (χ0n) is 13.6. The van der Waals surface area contributed by atoms with Crippen LogP contribution in [0.1, 0.15) is 19.4 Å². The molecule has 0 aromatic heterocycles. The first-order valence-corrected chi connectivity index (χ1v) is 8.04. The third-order valence-electron chi connectivity index (χ3n) is 3.20. The lowest BCUT2D eigenvalue weighted by Crippen LogP contribution is -2.34. The Morgan fingerprint density at radius 2 is 1.88 bits per heavy atom. The molecule has 1 atom stereocenters. The molecule has 0 aliphatic heterocycles. The minimum absolute atomic E-state index is 0.228. The highest BCUT2D eigenvalue weighted by molar-refractivity contribution is 6.30. The highest BCUT2D eigenvalue weighted by Gasteiger charge is 2.11. The van der Waals surface area contributed by atoms with Crippen molar-refractivity contribution in [2.24, 2.45) is 5.10 Å². The molecule has 0 aliphatic rings. The topological polar surface area (TPSA) is 62.7 Å². The van der Waals surface area contributed by atoms with Crippen molar-refractivity contribution in [3.05, 3.63) is 59.1 Å². The van der Waals surface area contributed by atoms with Gasteiger partial charge in [0.2, 0.25) is 0 Å². The molecule has 0 heterocycles. The number of carbonyl (C=O) groups excluding carboxylic acids is 1. The summed E-state index contributed by atoms with van der Waals surface area (Å²) in [4.78, 5) is 12.0. The number of nitrogens with one attached hydrogen (secondary N) is 2. The van der Waals surface area contributed by atoms with E-state index >= 15 is 0 Å². The molecule has 0 unspecified atom stereocenters. The summed E-state index contributed by atoms with van der Waals surface area (Å²) in [6, 6.07) is 14.2. The van der Waals surface area contributed by atoms with Crippen LogP contribution in [0.3, 0.4) is 0 Å². The lowest BCUT2D eigenvalue weighted by molar-refractivity contribution is -0.121. The van der Waals surface area contributed by atoms with Gasteiger partial charge in [0.1, 0.15) is 11.8 Å². The molecule has 2 aromatic rings. The summed E-state index contributed by atoms with van der Waals surface area (Å²) in [6.07, 6.45) is 1.57. The summed E-state index contributed by atoms with van der Waals surface area (Å²) >= 11 is 5.81. The van der Waals surface area contributed by atoms with Crippen LogP contribution in [0.2, 0.25) is 5.02 Å². The van der Waals surface area contributed by atoms with Gasteiger partial charge in [-0.15, -0.1) is 0 Å². The fourth-order valence-corrected chi connectivity index (χ4v) is 2.07. The number of ether oxygens (including phenoxy) is 1. The van der Waals surface area contributed by atoms with E-state index in [1.807, 2.05) is 43.3 Å². The van der Waals surface area contributed by atoms with Gasteiger partial charge in [0, 0.05) is 10.7 Å². The third-order valence-corrected chi connectivity index (χ3v) is 3.45. The molecule has 0 fully saturated rings. The van der Waals surface area contributed by atoms with Crippen molar-refractivity contribution < 1.29 is 9.53 Å². The predicted octanol–water partition coefficient (Wildman–Crippen LogP) is 3.69. The van der Waals surface area contributed by atoms with Crippen molar-refractivity contribution >= 4 is 29.4 Å². The Kier molecular flexibility index (Phi) is 6.63. The van der Waals surface area contributed by atoms with Gasteiger partial charge in [-0.1, -0.05) is 23.7 Å². The van der Waals surface area contributed by atoms with Gasteiger partial charge in [0.25, 0.3) is 5.91 Å². The van der Waals surface area contributed by atoms with Crippen molar-refractivity contribution in [3.8, 4) is 5.75 Å². The Hall–Kier alpha value is -2.53. The van der Waals surface area contributed by atoms with Gasteiger partial charge in [-0.05, 0) is 55.8 Å². The molecular formula is C18H20ClN3O2. The van der Waals surface area contributed by atoms with Gasteiger partial charge in [-0.25, -0.2) is 5.43 Å². The minimum Gasteiger partial charge on any atom is -0.494 e. The second-order valence-electron chi connectivity index (χ2n) is 5.11. The summed E-state index contributed by atoms with van der Waals surface area (Å²) < 4.78 is 5.38. The lowest BCUT2D eigenvalue weighted by atomic mass is 10.2. The lowest BCUT2D eigenvalue weighted by Gasteiger charge is -2.13. The highest BCUT2D eigenvalue weighted by Crippen LogP contribution is 2.16. The zero-order chi connectivity index (χ0) is 17.4. The maximum Gasteiger partial charge on any atom is 0.262 e. The molecule has 1 amide bonds. The number of hydrogen-bond donors (Lipinski definition) is 2. The number of halogens is 1. The SMILES string of the molecule is CCOc1ccc(N[C@H](C)C(=O)N/N=C\c2ccc(Cl)cc2)cc1. The van der Waals surface area contributed by atoms with Gasteiger partial charge in [0.05, 0.1) is 12.8 Å². The van der Waals surface area contributed by atoms with Crippen molar-refractivity contribution in [1.82, 2.24) is 5.43 Å². The van der Waals surface area contributed by atoms with Crippen LogP contribution in [0, 0.1) is 0 Å². The number of anilines is 1. The Bertz CT molecular complexity index is 684. The average Bonchev–Trinajstić information content (AvgIpc) is 2.58. The first-order chi connectivity index (χ1) is 11.6. The standard InChI is InChI=1S/C18H20ClN3O2/c1-3-24-17-10-8-16(9-11-17)21-13(2)18(23)22-20-12-14-4-6-15(19)7-5-14/h4-13,21H,3H2,1-2H3,(H,22,23)/b20-12-/t13-/m1/s1. The van der Waals surface area contributed by atoms with E-state index in [0.717, 1.165) is 17.0 Å². The molecular weight excluding hydrogens is 326 g/mol. The van der Waals surface area contributed by atoms with Gasteiger partial charge in [-0.3, -0.25) is 4.79 Å². The van der Waals surface area contributed by atoms with Crippen LogP contribution in [0.4, 0.5) is 5.69 Å². The van der Waals surface area contributed by atoms with E-state index in [9.17, 15) is 4.79 Å². The molecule has 0 spiro atoms. The van der Waals surface area contributed by atoms with E-state index in [4.69, 9.17) is 16.3 Å². The van der Waals surface area contributed by atoms with E-state index in [1.165, 1.54) is 0 Å². The monoisotopic (exact) mass is 345 g/mol. The number of hydrogen-bond acceptors (Lipinski definition) is 4. The molecule has 126 valence electrons. The maximum absolute atomic E-state index is 12.0. The van der Waals surface area contributed by atoms with Crippen LogP contribution < -0.4 is 15.5 Å². The van der Waals surface area contributed by atoms with E-state index < -0.39 is 6.04 Å². The molecule has 0 radical (unpaired) electrons. The van der Waals surface area contributed by atoms with E-state index in [-0.39, 0.29) is 5.91 Å². The van der Waals surface area contributed by atoms with Crippen molar-refractivity contribution in [2.75, 3.05) is 11.9 Å². The smallest absolute Gasteiger partial charge is 0.262 e. The van der Waals surface area contributed by atoms with Gasteiger partial charge >= 0.3 is 0 Å². The molecule has 0 saturated heterocycles. The molecule has 5 nitrogen and oxygen atoms in total. The zero-order valence-corrected chi connectivity index (χ0v) is 14.4. The third kappa shape index (κ3) is 5.59. The Morgan fingerprint density at radius 1 is 1.21 bits per heavy atom. The summed E-state index contributed by atoms with van der Waals surface area (Å²) in [5, 5.41) is 7.71. The van der Waals surface area contributed by atoms with Gasteiger partial charge in [0.15, 0.2) is 0 Å². The van der Waals surface area contributed by atoms with Crippen molar-refractivity contribution in [1.29, 1.82) is 0 Å². The van der Waals surface area contributed by atoms with E-state index in [0.29, 0.717) is 11.6 Å². The number of rotatable bonds is 7. The van der Waals surface area contributed by atoms with Crippen LogP contribution in [0.25, 0.3) is 0 Å². The number of hydrazone groups is 1. The van der Waals surface area contributed by atoms with Crippen LogP contribution in [0.15, 0.2) is 53.6 Å². The average molecular weight is 346 g/mol. The van der Waals surface area contributed by atoms with Crippen LogP contribution >= 0.6 is 11.6 Å². The second kappa shape index (κ2) is 8.93. The maximum atomic E-state index is 12.0. The first-order valence-electron chi connectivity index (χ1n) is 7.66. The highest BCUT2D eigenvalue weighted by atomic mass is 35.5. The Balaban J connectivity index is 1.84. The van der Waals surface area contributed by atoms with Crippen LogP contribution in [-0.4, -0.2) is 24.8 Å². The van der Waals surface area contributed by atoms with Gasteiger partial charge < -0.3 is 10.1 Å². The normalized spacial score (nSPS) is 12.0. The minimum atomic E-state index is -0.426. The van der Waals surface area contributed by atoms with E-state index in [2.05, 4.69) is 15.8 Å². The first kappa shape index (κ1) is 17.8. The summed E-state index contributed by atoms with van der Waals surface area (Å²) in [6.45, 7) is 4.32. The number of nitrogens with zero attached hydrogens (tertiary/aromatic N) is 1. The Morgan fingerprint density at radius 3 is 2.50 bits per heavy atom. The molecule has 24 heavy (non-hydrogen) atoms. The van der Waals surface area contributed by atoms with Crippen molar-refractivity contribution in [3.63, 3.8) is 0 Å². The second-order valence-corrected chi connectivity index (χ2v) is 5.55. The fraction of sp³-hybridized carbons (Fsp3) is 0.222. The van der Waals surface area contributed by atoms with Crippen LogP contribution in [-0.2, 0) is 4.79 Å². The molecule has 0 bridgehead atoms. The summed E-state index contributed by atoms with van der Waals surface area (Å²) in [5.41, 5.74) is 4.20. The number of benzene rings is 2. The number of carbonyl (C=O) groups is 1. The number of amides is 1. The quantitative estimate of drug-likeness (QED) is 0.594. The summed E-state index contributed by atoms with van der Waals surface area (Å²) in [5.74, 6) is 0.571. The molecule has 0 saturated carbocycles. The molecule has 0 aliphatic carbocycles. The van der Waals surface area contributed by atoms with Crippen LogP contribution in [0.5, 0.6) is 5.75 Å². The molecule has 2 rings (SSSR count). The largest absolute Gasteiger partial charge is 0.494 e. The molecule has 6 heteroatoms. The summed E-state index contributed by atoms with van der Waals surface area (Å²) in [7, 11) is 0. The predicted molar refractivity (Wildman–Crippen MR) is 97.9 cm³/mol. The molecule has 2 N–H and O–H groups in total. The van der Waals surface area contributed by atoms with Crippen molar-refractivity contribution in [2.45, 2.75) is 19.9 Å². The molecule has 2 aromatic carbocycles.